The van der Waals surface area contributed by atoms with E-state index in [9.17, 15) is 9.59 Å². The Morgan fingerprint density at radius 2 is 1.75 bits per heavy atom. The first kappa shape index (κ1) is 22.3. The molecule has 0 bridgehead atoms. The molecule has 166 valence electrons. The number of benzene rings is 1. The molecule has 4 rings (SSSR count). The van der Waals surface area contributed by atoms with Gasteiger partial charge in [0.2, 0.25) is 0 Å². The molecule has 0 radical (unpaired) electrons. The second-order valence-electron chi connectivity index (χ2n) is 7.20. The van der Waals surface area contributed by atoms with Crippen LogP contribution in [0.25, 0.3) is 0 Å². The Morgan fingerprint density at radius 3 is 2.44 bits per heavy atom. The fraction of sp³-hybridized carbons (Fsp3) is 0.273. The highest BCUT2D eigenvalue weighted by molar-refractivity contribution is 8.04. The molecule has 2 aliphatic rings. The van der Waals surface area contributed by atoms with Gasteiger partial charge >= 0.3 is 0 Å². The van der Waals surface area contributed by atoms with E-state index in [2.05, 4.69) is 15.6 Å². The monoisotopic (exact) mass is 471 g/mol. The van der Waals surface area contributed by atoms with Crippen molar-refractivity contribution in [3.8, 4) is 0 Å². The molecule has 32 heavy (non-hydrogen) atoms. The maximum atomic E-state index is 12.8. The SMILES string of the molecule is N=C(c1ccc(C(=O)NC2=C(C(=O)Nc3ccc(Cl)cn3)SCC2)cc1)N1CCOCC1. The predicted molar refractivity (Wildman–Crippen MR) is 125 cm³/mol. The van der Waals surface area contributed by atoms with E-state index in [1.807, 2.05) is 4.90 Å². The number of amides is 2. The molecule has 0 spiro atoms. The maximum absolute atomic E-state index is 12.8. The number of pyridine rings is 1. The van der Waals surface area contributed by atoms with Crippen molar-refractivity contribution in [2.24, 2.45) is 0 Å². The Kier molecular flexibility index (Phi) is 7.09. The molecule has 8 nitrogen and oxygen atoms in total. The fourth-order valence-corrected chi connectivity index (χ4v) is 4.49. The van der Waals surface area contributed by atoms with Gasteiger partial charge in [-0.1, -0.05) is 23.7 Å². The van der Waals surface area contributed by atoms with Gasteiger partial charge < -0.3 is 20.3 Å². The third-order valence-corrected chi connectivity index (χ3v) is 6.41. The number of nitrogens with one attached hydrogen (secondary N) is 3. The number of amidine groups is 1. The molecular formula is C22H22ClN5O3S. The second-order valence-corrected chi connectivity index (χ2v) is 8.74. The molecule has 3 heterocycles. The van der Waals surface area contributed by atoms with Gasteiger partial charge in [-0.3, -0.25) is 15.0 Å². The van der Waals surface area contributed by atoms with Gasteiger partial charge in [0.25, 0.3) is 11.8 Å². The quantitative estimate of drug-likeness (QED) is 0.457. The van der Waals surface area contributed by atoms with Gasteiger partial charge in [-0.2, -0.15) is 0 Å². The summed E-state index contributed by atoms with van der Waals surface area (Å²) in [6.07, 6.45) is 2.05. The summed E-state index contributed by atoms with van der Waals surface area (Å²) in [5.74, 6) is 0.921. The van der Waals surface area contributed by atoms with Crippen LogP contribution in [0.3, 0.4) is 0 Å². The highest BCUT2D eigenvalue weighted by Gasteiger charge is 2.24. The number of carbonyl (C=O) groups excluding carboxylic acids is 2. The second kappa shape index (κ2) is 10.2. The van der Waals surface area contributed by atoms with Crippen molar-refractivity contribution in [2.45, 2.75) is 6.42 Å². The lowest BCUT2D eigenvalue weighted by Crippen LogP contribution is -2.40. The van der Waals surface area contributed by atoms with Crippen LogP contribution in [0.4, 0.5) is 5.82 Å². The average molecular weight is 472 g/mol. The van der Waals surface area contributed by atoms with Crippen LogP contribution < -0.4 is 10.6 Å². The van der Waals surface area contributed by atoms with E-state index < -0.39 is 0 Å². The summed E-state index contributed by atoms with van der Waals surface area (Å²) in [4.78, 5) is 31.9. The minimum Gasteiger partial charge on any atom is -0.378 e. The number of allylic oxidation sites excluding steroid dienone is 1. The number of hydrogen-bond donors (Lipinski definition) is 3. The zero-order chi connectivity index (χ0) is 22.5. The summed E-state index contributed by atoms with van der Waals surface area (Å²) >= 11 is 7.22. The van der Waals surface area contributed by atoms with Crippen molar-refractivity contribution in [3.63, 3.8) is 0 Å². The van der Waals surface area contributed by atoms with Crippen LogP contribution in [-0.4, -0.2) is 59.6 Å². The van der Waals surface area contributed by atoms with Crippen LogP contribution in [0.2, 0.25) is 5.02 Å². The van der Waals surface area contributed by atoms with E-state index in [-0.39, 0.29) is 11.8 Å². The molecule has 0 saturated carbocycles. The largest absolute Gasteiger partial charge is 0.378 e. The Bertz CT molecular complexity index is 1050. The van der Waals surface area contributed by atoms with Gasteiger partial charge in [0.15, 0.2) is 0 Å². The van der Waals surface area contributed by atoms with Crippen molar-refractivity contribution in [1.29, 1.82) is 5.41 Å². The van der Waals surface area contributed by atoms with Crippen LogP contribution >= 0.6 is 23.4 Å². The minimum absolute atomic E-state index is 0.290. The molecule has 0 atom stereocenters. The molecule has 2 aliphatic heterocycles. The summed E-state index contributed by atoms with van der Waals surface area (Å²) in [6.45, 7) is 2.59. The molecule has 0 unspecified atom stereocenters. The zero-order valence-corrected chi connectivity index (χ0v) is 18.8. The lowest BCUT2D eigenvalue weighted by Gasteiger charge is -2.29. The number of rotatable bonds is 5. The topological polar surface area (TPSA) is 107 Å². The van der Waals surface area contributed by atoms with Gasteiger partial charge in [0.1, 0.15) is 11.7 Å². The minimum atomic E-state index is -0.313. The Balaban J connectivity index is 1.41. The average Bonchev–Trinajstić information content (AvgIpc) is 3.29. The summed E-state index contributed by atoms with van der Waals surface area (Å²) in [5.41, 5.74) is 1.80. The van der Waals surface area contributed by atoms with Crippen LogP contribution in [0.1, 0.15) is 22.3 Å². The lowest BCUT2D eigenvalue weighted by molar-refractivity contribution is -0.112. The third kappa shape index (κ3) is 5.29. The molecule has 10 heteroatoms. The van der Waals surface area contributed by atoms with Crippen LogP contribution in [-0.2, 0) is 9.53 Å². The van der Waals surface area contributed by atoms with Gasteiger partial charge in [0, 0.05) is 41.9 Å². The molecule has 2 amide bonds. The number of morpholine rings is 1. The smallest absolute Gasteiger partial charge is 0.265 e. The first-order chi connectivity index (χ1) is 15.5. The van der Waals surface area contributed by atoms with Crippen molar-refractivity contribution in [1.82, 2.24) is 15.2 Å². The maximum Gasteiger partial charge on any atom is 0.265 e. The Morgan fingerprint density at radius 1 is 1.03 bits per heavy atom. The fourth-order valence-electron chi connectivity index (χ4n) is 3.36. The first-order valence-corrected chi connectivity index (χ1v) is 11.5. The number of halogens is 1. The van der Waals surface area contributed by atoms with Gasteiger partial charge in [-0.05, 0) is 30.7 Å². The molecule has 1 saturated heterocycles. The lowest BCUT2D eigenvalue weighted by atomic mass is 10.1. The zero-order valence-electron chi connectivity index (χ0n) is 17.2. The Labute approximate surface area is 194 Å². The molecule has 2 aromatic rings. The number of thioether (sulfide) groups is 1. The third-order valence-electron chi connectivity index (χ3n) is 5.06. The molecule has 0 aliphatic carbocycles. The molecule has 1 fully saturated rings. The summed E-state index contributed by atoms with van der Waals surface area (Å²) in [7, 11) is 0. The molecule has 3 N–H and O–H groups in total. The van der Waals surface area contributed by atoms with E-state index in [1.165, 1.54) is 18.0 Å². The molecular weight excluding hydrogens is 450 g/mol. The van der Waals surface area contributed by atoms with Crippen molar-refractivity contribution < 1.29 is 14.3 Å². The van der Waals surface area contributed by atoms with Crippen LogP contribution in [0.5, 0.6) is 0 Å². The van der Waals surface area contributed by atoms with E-state index in [4.69, 9.17) is 21.7 Å². The van der Waals surface area contributed by atoms with Crippen molar-refractivity contribution >= 4 is 46.8 Å². The van der Waals surface area contributed by atoms with E-state index in [0.29, 0.717) is 71.3 Å². The van der Waals surface area contributed by atoms with Gasteiger partial charge in [-0.15, -0.1) is 11.8 Å². The number of carbonyl (C=O) groups is 2. The van der Waals surface area contributed by atoms with E-state index >= 15 is 0 Å². The van der Waals surface area contributed by atoms with Crippen LogP contribution in [0.15, 0.2) is 53.2 Å². The number of ether oxygens (including phenoxy) is 1. The molecule has 1 aromatic carbocycles. The number of nitrogens with zero attached hydrogens (tertiary/aromatic N) is 2. The van der Waals surface area contributed by atoms with Gasteiger partial charge in [-0.25, -0.2) is 4.98 Å². The Hall–Kier alpha value is -2.88. The van der Waals surface area contributed by atoms with Crippen molar-refractivity contribution in [2.75, 3.05) is 37.4 Å². The number of aromatic nitrogens is 1. The summed E-state index contributed by atoms with van der Waals surface area (Å²) in [5, 5.41) is 14.4. The van der Waals surface area contributed by atoms with Crippen molar-refractivity contribution in [3.05, 3.63) is 69.3 Å². The van der Waals surface area contributed by atoms with Gasteiger partial charge in [0.05, 0.1) is 23.1 Å². The predicted octanol–water partition coefficient (Wildman–Crippen LogP) is 3.11. The number of anilines is 1. The highest BCUT2D eigenvalue weighted by atomic mass is 35.5. The standard InChI is InChI=1S/C22H22ClN5O3S/c23-16-5-6-18(25-13-16)27-22(30)19-17(7-12-32-19)26-21(29)15-3-1-14(2-4-15)20(24)28-8-10-31-11-9-28/h1-6,13,24H,7-12H2,(H,26,29)(H,25,27,30). The first-order valence-electron chi connectivity index (χ1n) is 10.1. The van der Waals surface area contributed by atoms with Crippen LogP contribution in [0, 0.1) is 5.41 Å². The highest BCUT2D eigenvalue weighted by Crippen LogP contribution is 2.31. The summed E-state index contributed by atoms with van der Waals surface area (Å²) in [6, 6.07) is 10.2. The number of hydrogen-bond acceptors (Lipinski definition) is 6. The molecule has 1 aromatic heterocycles. The van der Waals surface area contributed by atoms with E-state index in [0.717, 1.165) is 5.56 Å². The summed E-state index contributed by atoms with van der Waals surface area (Å²) < 4.78 is 5.33. The van der Waals surface area contributed by atoms with E-state index in [1.54, 1.807) is 36.4 Å². The normalized spacial score (nSPS) is 16.1.